The first-order chi connectivity index (χ1) is 13.8. The monoisotopic (exact) mass is 380 g/mol. The Bertz CT molecular complexity index is 741. The lowest BCUT2D eigenvalue weighted by Crippen LogP contribution is -2.61. The summed E-state index contributed by atoms with van der Waals surface area (Å²) in [7, 11) is 1.74. The normalized spacial score (nSPS) is 20.3. The highest BCUT2D eigenvalue weighted by atomic mass is 16.5. The lowest BCUT2D eigenvalue weighted by Gasteiger charge is -2.51. The molecule has 0 atom stereocenters. The molecular weight excluding hydrogens is 348 g/mol. The summed E-state index contributed by atoms with van der Waals surface area (Å²) >= 11 is 0. The summed E-state index contributed by atoms with van der Waals surface area (Å²) in [6.45, 7) is 7.16. The second-order valence-electron chi connectivity index (χ2n) is 8.13. The largest absolute Gasteiger partial charge is 0.497 e. The van der Waals surface area contributed by atoms with Crippen molar-refractivity contribution in [1.29, 1.82) is 0 Å². The molecule has 2 aliphatic heterocycles. The van der Waals surface area contributed by atoms with Crippen molar-refractivity contribution in [3.05, 3.63) is 65.7 Å². The second kappa shape index (κ2) is 9.08. The molecule has 0 radical (unpaired) electrons. The number of benzene rings is 2. The molecule has 2 fully saturated rings. The lowest BCUT2D eigenvalue weighted by molar-refractivity contribution is -0.0987. The Morgan fingerprint density at radius 2 is 1.75 bits per heavy atom. The van der Waals surface area contributed by atoms with Crippen LogP contribution < -0.4 is 4.74 Å². The predicted octanol–water partition coefficient (Wildman–Crippen LogP) is 3.60. The molecule has 0 aromatic heterocycles. The van der Waals surface area contributed by atoms with Crippen LogP contribution in [0.5, 0.6) is 5.75 Å². The van der Waals surface area contributed by atoms with Crippen LogP contribution in [-0.2, 0) is 17.7 Å². The standard InChI is InChI=1S/C24H32N2O2/c1-27-23-9-5-8-22(18-23)19-26-16-17-28-20-24(26)11-14-25(15-12-24)13-10-21-6-3-2-4-7-21/h2-9,18H,10-17,19-20H2,1H3. The number of morpholine rings is 1. The van der Waals surface area contributed by atoms with Crippen LogP contribution >= 0.6 is 0 Å². The van der Waals surface area contributed by atoms with Gasteiger partial charge in [-0.05, 0) is 55.6 Å². The van der Waals surface area contributed by atoms with Crippen LogP contribution in [0.4, 0.5) is 0 Å². The van der Waals surface area contributed by atoms with E-state index in [0.29, 0.717) is 0 Å². The van der Waals surface area contributed by atoms with E-state index >= 15 is 0 Å². The summed E-state index contributed by atoms with van der Waals surface area (Å²) in [5.74, 6) is 0.940. The molecule has 2 aromatic rings. The van der Waals surface area contributed by atoms with E-state index < -0.39 is 0 Å². The number of likely N-dealkylation sites (tertiary alicyclic amines) is 1. The van der Waals surface area contributed by atoms with E-state index in [1.165, 1.54) is 24.0 Å². The smallest absolute Gasteiger partial charge is 0.119 e. The Morgan fingerprint density at radius 1 is 0.964 bits per heavy atom. The number of nitrogens with zero attached hydrogens (tertiary/aromatic N) is 2. The van der Waals surface area contributed by atoms with Gasteiger partial charge in [-0.15, -0.1) is 0 Å². The molecule has 4 heteroatoms. The summed E-state index contributed by atoms with van der Waals surface area (Å²) in [4.78, 5) is 5.29. The predicted molar refractivity (Wildman–Crippen MR) is 113 cm³/mol. The van der Waals surface area contributed by atoms with Crippen molar-refractivity contribution in [2.75, 3.05) is 46.5 Å². The van der Waals surface area contributed by atoms with Crippen LogP contribution in [0.2, 0.25) is 0 Å². The zero-order valence-corrected chi connectivity index (χ0v) is 17.0. The summed E-state index contributed by atoms with van der Waals surface area (Å²) in [6.07, 6.45) is 3.51. The molecule has 0 unspecified atom stereocenters. The average Bonchev–Trinajstić information content (AvgIpc) is 2.76. The van der Waals surface area contributed by atoms with E-state index in [1.807, 2.05) is 6.07 Å². The molecule has 0 aliphatic carbocycles. The zero-order chi connectivity index (χ0) is 19.2. The van der Waals surface area contributed by atoms with Crippen molar-refractivity contribution in [3.63, 3.8) is 0 Å². The first kappa shape index (κ1) is 19.4. The van der Waals surface area contributed by atoms with Crippen molar-refractivity contribution in [3.8, 4) is 5.75 Å². The van der Waals surface area contributed by atoms with Crippen LogP contribution in [0.25, 0.3) is 0 Å². The molecule has 0 saturated carbocycles. The maximum atomic E-state index is 5.96. The molecule has 2 saturated heterocycles. The summed E-state index contributed by atoms with van der Waals surface area (Å²) in [5, 5.41) is 0. The van der Waals surface area contributed by atoms with E-state index in [0.717, 1.165) is 58.1 Å². The molecule has 4 nitrogen and oxygen atoms in total. The number of piperidine rings is 1. The minimum atomic E-state index is 0.185. The molecule has 2 heterocycles. The molecule has 28 heavy (non-hydrogen) atoms. The highest BCUT2D eigenvalue weighted by Crippen LogP contribution is 2.33. The first-order valence-electron chi connectivity index (χ1n) is 10.5. The van der Waals surface area contributed by atoms with E-state index in [1.54, 1.807) is 7.11 Å². The molecule has 2 aliphatic rings. The molecule has 4 rings (SSSR count). The summed E-state index contributed by atoms with van der Waals surface area (Å²) in [6, 6.07) is 19.3. The molecule has 150 valence electrons. The Balaban J connectivity index is 1.36. The molecule has 0 amide bonds. The van der Waals surface area contributed by atoms with Gasteiger partial charge in [-0.2, -0.15) is 0 Å². The van der Waals surface area contributed by atoms with Gasteiger partial charge in [-0.1, -0.05) is 42.5 Å². The van der Waals surface area contributed by atoms with Crippen molar-refractivity contribution in [2.24, 2.45) is 0 Å². The van der Waals surface area contributed by atoms with Gasteiger partial charge in [0.15, 0.2) is 0 Å². The molecular formula is C24H32N2O2. The van der Waals surface area contributed by atoms with Gasteiger partial charge in [0.1, 0.15) is 5.75 Å². The Kier molecular flexibility index (Phi) is 6.30. The van der Waals surface area contributed by atoms with E-state index in [9.17, 15) is 0 Å². The van der Waals surface area contributed by atoms with Crippen molar-refractivity contribution in [1.82, 2.24) is 9.80 Å². The summed E-state index contributed by atoms with van der Waals surface area (Å²) < 4.78 is 11.4. The fourth-order valence-electron chi connectivity index (χ4n) is 4.59. The highest BCUT2D eigenvalue weighted by Gasteiger charge is 2.41. The van der Waals surface area contributed by atoms with E-state index in [4.69, 9.17) is 9.47 Å². The number of hydrogen-bond donors (Lipinski definition) is 0. The Labute approximate surface area is 169 Å². The lowest BCUT2D eigenvalue weighted by atomic mass is 9.84. The number of rotatable bonds is 6. The topological polar surface area (TPSA) is 24.9 Å². The van der Waals surface area contributed by atoms with Crippen LogP contribution in [0.15, 0.2) is 54.6 Å². The van der Waals surface area contributed by atoms with Gasteiger partial charge < -0.3 is 14.4 Å². The van der Waals surface area contributed by atoms with E-state index in [-0.39, 0.29) is 5.54 Å². The van der Waals surface area contributed by atoms with Gasteiger partial charge in [0.25, 0.3) is 0 Å². The molecule has 0 N–H and O–H groups in total. The van der Waals surface area contributed by atoms with Gasteiger partial charge in [0, 0.05) is 25.2 Å². The van der Waals surface area contributed by atoms with Crippen molar-refractivity contribution >= 4 is 0 Å². The van der Waals surface area contributed by atoms with Crippen LogP contribution in [0, 0.1) is 0 Å². The van der Waals surface area contributed by atoms with E-state index in [2.05, 4.69) is 58.3 Å². The second-order valence-corrected chi connectivity index (χ2v) is 8.13. The van der Waals surface area contributed by atoms with Gasteiger partial charge in [0.05, 0.1) is 20.3 Å². The third kappa shape index (κ3) is 4.57. The summed E-state index contributed by atoms with van der Waals surface area (Å²) in [5.41, 5.74) is 2.94. The number of ether oxygens (including phenoxy) is 2. The van der Waals surface area contributed by atoms with Gasteiger partial charge in [0.2, 0.25) is 0 Å². The Hall–Kier alpha value is -1.88. The molecule has 2 aromatic carbocycles. The highest BCUT2D eigenvalue weighted by molar-refractivity contribution is 5.28. The fourth-order valence-corrected chi connectivity index (χ4v) is 4.59. The van der Waals surface area contributed by atoms with Gasteiger partial charge in [-0.3, -0.25) is 4.90 Å². The Morgan fingerprint density at radius 3 is 2.54 bits per heavy atom. The SMILES string of the molecule is COc1cccc(CN2CCOCC23CCN(CCc2ccccc2)CC3)c1. The number of methoxy groups -OCH3 is 1. The van der Waals surface area contributed by atoms with Crippen LogP contribution in [0.3, 0.4) is 0 Å². The maximum absolute atomic E-state index is 5.96. The zero-order valence-electron chi connectivity index (χ0n) is 17.0. The fraction of sp³-hybridized carbons (Fsp3) is 0.500. The average molecular weight is 381 g/mol. The minimum Gasteiger partial charge on any atom is -0.497 e. The third-order valence-electron chi connectivity index (χ3n) is 6.40. The number of hydrogen-bond acceptors (Lipinski definition) is 4. The maximum Gasteiger partial charge on any atom is 0.119 e. The van der Waals surface area contributed by atoms with Crippen molar-refractivity contribution < 1.29 is 9.47 Å². The minimum absolute atomic E-state index is 0.185. The van der Waals surface area contributed by atoms with Gasteiger partial charge in [-0.25, -0.2) is 0 Å². The van der Waals surface area contributed by atoms with Crippen LogP contribution in [-0.4, -0.2) is 61.8 Å². The first-order valence-corrected chi connectivity index (χ1v) is 10.5. The molecule has 1 spiro atoms. The van der Waals surface area contributed by atoms with Gasteiger partial charge >= 0.3 is 0 Å². The quantitative estimate of drug-likeness (QED) is 0.764. The van der Waals surface area contributed by atoms with Crippen molar-refractivity contribution in [2.45, 2.75) is 31.3 Å². The van der Waals surface area contributed by atoms with Crippen LogP contribution in [0.1, 0.15) is 24.0 Å². The third-order valence-corrected chi connectivity index (χ3v) is 6.40. The molecule has 0 bridgehead atoms.